The van der Waals surface area contributed by atoms with Crippen LogP contribution in [0.1, 0.15) is 16.1 Å². The molecule has 0 aliphatic heterocycles. The summed E-state index contributed by atoms with van der Waals surface area (Å²) >= 11 is 15.3. The quantitative estimate of drug-likeness (QED) is 0.446. The van der Waals surface area contributed by atoms with E-state index >= 15 is 0 Å². The fraction of sp³-hybridized carbons (Fsp3) is 0.133. The Bertz CT molecular complexity index is 1050. The lowest BCUT2D eigenvalue weighted by atomic mass is 10.2. The average molecular weight is 474 g/mol. The number of anilines is 1. The monoisotopic (exact) mass is 472 g/mol. The van der Waals surface area contributed by atoms with Gasteiger partial charge < -0.3 is 5.32 Å². The van der Waals surface area contributed by atoms with Crippen LogP contribution in [0.15, 0.2) is 35.1 Å². The first kappa shape index (κ1) is 19.3. The summed E-state index contributed by atoms with van der Waals surface area (Å²) in [5.74, 6) is -0.539. The molecule has 27 heavy (non-hydrogen) atoms. The zero-order chi connectivity index (χ0) is 19.7. The highest BCUT2D eigenvalue weighted by molar-refractivity contribution is 9.10. The lowest BCUT2D eigenvalue weighted by Crippen LogP contribution is -2.15. The van der Waals surface area contributed by atoms with Crippen molar-refractivity contribution in [1.82, 2.24) is 19.6 Å². The van der Waals surface area contributed by atoms with E-state index in [2.05, 4.69) is 31.4 Å². The Kier molecular flexibility index (Phi) is 5.49. The molecule has 12 heteroatoms. The number of hydrogen-bond donors (Lipinski definition) is 1. The molecule has 3 aromatic rings. The number of nitrogens with one attached hydrogen (secondary N) is 1. The predicted octanol–water partition coefficient (Wildman–Crippen LogP) is 3.89. The summed E-state index contributed by atoms with van der Waals surface area (Å²) in [4.78, 5) is 22.7. The molecule has 0 aliphatic carbocycles. The predicted molar refractivity (Wildman–Crippen MR) is 103 cm³/mol. The van der Waals surface area contributed by atoms with Crippen LogP contribution in [0.4, 0.5) is 11.5 Å². The Balaban J connectivity index is 1.81. The minimum absolute atomic E-state index is 0.199. The molecule has 2 aromatic heterocycles. The molecule has 0 saturated heterocycles. The van der Waals surface area contributed by atoms with Gasteiger partial charge in [0, 0.05) is 23.3 Å². The summed E-state index contributed by atoms with van der Waals surface area (Å²) in [5, 5.41) is 22.7. The Morgan fingerprint density at radius 2 is 2.07 bits per heavy atom. The summed E-state index contributed by atoms with van der Waals surface area (Å²) in [6.45, 7) is 0.341. The second kappa shape index (κ2) is 7.67. The van der Waals surface area contributed by atoms with Crippen molar-refractivity contribution in [3.63, 3.8) is 0 Å². The molecule has 9 nitrogen and oxygen atoms in total. The van der Waals surface area contributed by atoms with Gasteiger partial charge in [0.05, 0.1) is 15.9 Å². The van der Waals surface area contributed by atoms with Gasteiger partial charge in [-0.05, 0) is 33.6 Å². The Morgan fingerprint density at radius 3 is 2.74 bits per heavy atom. The lowest BCUT2D eigenvalue weighted by Gasteiger charge is -2.05. The lowest BCUT2D eigenvalue weighted by molar-refractivity contribution is -0.385. The van der Waals surface area contributed by atoms with Gasteiger partial charge in [0.1, 0.15) is 6.20 Å². The van der Waals surface area contributed by atoms with Gasteiger partial charge in [-0.3, -0.25) is 24.3 Å². The second-order valence-electron chi connectivity index (χ2n) is 5.51. The number of nitrogens with zero attached hydrogens (tertiary/aromatic N) is 5. The van der Waals surface area contributed by atoms with E-state index in [1.165, 1.54) is 11.7 Å². The van der Waals surface area contributed by atoms with Gasteiger partial charge in [0.25, 0.3) is 5.91 Å². The maximum absolute atomic E-state index is 12.4. The number of aryl methyl sites for hydroxylation is 1. The Labute approximate surface area is 171 Å². The number of hydrogen-bond acceptors (Lipinski definition) is 5. The maximum atomic E-state index is 12.4. The first-order chi connectivity index (χ1) is 12.7. The molecule has 0 atom stereocenters. The normalized spacial score (nSPS) is 10.8. The Morgan fingerprint density at radius 1 is 1.33 bits per heavy atom. The van der Waals surface area contributed by atoms with Gasteiger partial charge in [-0.2, -0.15) is 10.2 Å². The molecule has 2 heterocycles. The van der Waals surface area contributed by atoms with E-state index in [-0.39, 0.29) is 11.5 Å². The van der Waals surface area contributed by atoms with E-state index in [4.69, 9.17) is 23.2 Å². The van der Waals surface area contributed by atoms with Crippen molar-refractivity contribution in [1.29, 1.82) is 0 Å². The SMILES string of the molecule is Cn1cc([N+](=O)[O-])c(C(=O)Nc2nn(Cc3ccc(Cl)cc3Cl)cc2Br)n1. The minimum Gasteiger partial charge on any atom is -0.302 e. The maximum Gasteiger partial charge on any atom is 0.320 e. The number of rotatable bonds is 5. The largest absolute Gasteiger partial charge is 0.320 e. The first-order valence-corrected chi connectivity index (χ1v) is 8.95. The van der Waals surface area contributed by atoms with Crippen molar-refractivity contribution in [3.8, 4) is 0 Å². The number of nitro groups is 1. The number of amides is 1. The van der Waals surface area contributed by atoms with E-state index in [0.717, 1.165) is 11.8 Å². The van der Waals surface area contributed by atoms with Crippen LogP contribution in [0.5, 0.6) is 0 Å². The van der Waals surface area contributed by atoms with E-state index < -0.39 is 16.5 Å². The van der Waals surface area contributed by atoms with Crippen molar-refractivity contribution in [2.24, 2.45) is 7.05 Å². The van der Waals surface area contributed by atoms with Crippen LogP contribution in [0.25, 0.3) is 0 Å². The molecule has 1 N–H and O–H groups in total. The van der Waals surface area contributed by atoms with Gasteiger partial charge in [0.2, 0.25) is 5.69 Å². The van der Waals surface area contributed by atoms with Crippen LogP contribution < -0.4 is 5.32 Å². The fourth-order valence-corrected chi connectivity index (χ4v) is 3.21. The van der Waals surface area contributed by atoms with Gasteiger partial charge in [-0.1, -0.05) is 29.3 Å². The fourth-order valence-electron chi connectivity index (χ4n) is 2.33. The molecule has 0 bridgehead atoms. The highest BCUT2D eigenvalue weighted by atomic mass is 79.9. The number of aromatic nitrogens is 4. The highest BCUT2D eigenvalue weighted by Gasteiger charge is 2.26. The number of halogens is 3. The topological polar surface area (TPSA) is 108 Å². The van der Waals surface area contributed by atoms with Gasteiger partial charge in [0.15, 0.2) is 5.82 Å². The summed E-state index contributed by atoms with van der Waals surface area (Å²) in [7, 11) is 1.49. The van der Waals surface area contributed by atoms with Crippen molar-refractivity contribution in [3.05, 3.63) is 66.5 Å². The third-order valence-electron chi connectivity index (χ3n) is 3.52. The van der Waals surface area contributed by atoms with E-state index in [0.29, 0.717) is 21.1 Å². The first-order valence-electron chi connectivity index (χ1n) is 7.41. The number of carbonyl (C=O) groups is 1. The molecular formula is C15H11BrCl2N6O3. The van der Waals surface area contributed by atoms with Crippen molar-refractivity contribution < 1.29 is 9.72 Å². The zero-order valence-corrected chi connectivity index (χ0v) is 16.8. The smallest absolute Gasteiger partial charge is 0.302 e. The molecule has 3 rings (SSSR count). The highest BCUT2D eigenvalue weighted by Crippen LogP contribution is 2.25. The van der Waals surface area contributed by atoms with E-state index in [9.17, 15) is 14.9 Å². The molecule has 0 aliphatic rings. The van der Waals surface area contributed by atoms with Crippen LogP contribution in [0, 0.1) is 10.1 Å². The molecule has 0 fully saturated rings. The van der Waals surface area contributed by atoms with Gasteiger partial charge >= 0.3 is 5.69 Å². The zero-order valence-electron chi connectivity index (χ0n) is 13.7. The molecule has 1 aromatic carbocycles. The minimum atomic E-state index is -0.738. The van der Waals surface area contributed by atoms with Crippen LogP contribution in [0.3, 0.4) is 0 Å². The molecule has 140 valence electrons. The third-order valence-corrected chi connectivity index (χ3v) is 4.68. The van der Waals surface area contributed by atoms with Crippen LogP contribution in [-0.2, 0) is 13.6 Å². The second-order valence-corrected chi connectivity index (χ2v) is 7.20. The van der Waals surface area contributed by atoms with Crippen LogP contribution >= 0.6 is 39.1 Å². The summed E-state index contributed by atoms with van der Waals surface area (Å²) in [5.41, 5.74) is 0.0949. The van der Waals surface area contributed by atoms with Crippen molar-refractivity contribution >= 4 is 56.5 Å². The molecule has 0 spiro atoms. The average Bonchev–Trinajstić information content (AvgIpc) is 3.13. The number of carbonyl (C=O) groups excluding carboxylic acids is 1. The summed E-state index contributed by atoms with van der Waals surface area (Å²) in [6, 6.07) is 5.11. The van der Waals surface area contributed by atoms with Gasteiger partial charge in [-0.15, -0.1) is 0 Å². The van der Waals surface area contributed by atoms with Crippen LogP contribution in [-0.4, -0.2) is 30.4 Å². The molecule has 0 radical (unpaired) electrons. The third kappa shape index (κ3) is 4.29. The van der Waals surface area contributed by atoms with E-state index in [1.807, 2.05) is 0 Å². The summed E-state index contributed by atoms with van der Waals surface area (Å²) in [6.07, 6.45) is 2.80. The molecular weight excluding hydrogens is 463 g/mol. The van der Waals surface area contributed by atoms with Gasteiger partial charge in [-0.25, -0.2) is 0 Å². The van der Waals surface area contributed by atoms with Crippen LogP contribution in [0.2, 0.25) is 10.0 Å². The molecule has 0 unspecified atom stereocenters. The summed E-state index contributed by atoms with van der Waals surface area (Å²) < 4.78 is 3.25. The molecule has 0 saturated carbocycles. The van der Waals surface area contributed by atoms with Crippen molar-refractivity contribution in [2.75, 3.05) is 5.32 Å². The number of benzene rings is 1. The van der Waals surface area contributed by atoms with E-state index in [1.54, 1.807) is 29.1 Å². The Hall–Kier alpha value is -2.43. The van der Waals surface area contributed by atoms with Crippen molar-refractivity contribution in [2.45, 2.75) is 6.54 Å². The standard InChI is InChI=1S/C15H11BrCl2N6O3/c1-22-7-12(24(26)27)13(20-22)15(25)19-14-10(16)6-23(21-14)5-8-2-3-9(17)4-11(8)18/h2-4,6-7H,5H2,1H3,(H,19,21,25). The molecule has 1 amide bonds.